The van der Waals surface area contributed by atoms with E-state index in [1.807, 2.05) is 0 Å². The first-order valence-corrected chi connectivity index (χ1v) is 7.58. The molecule has 0 radical (unpaired) electrons. The fourth-order valence-electron chi connectivity index (χ4n) is 2.14. The molecular weight excluding hydrogens is 338 g/mol. The van der Waals surface area contributed by atoms with Crippen LogP contribution >= 0.6 is 0 Å². The number of hydrogen-bond donors (Lipinski definition) is 2. The molecule has 0 unspecified atom stereocenters. The number of ether oxygens (including phenoxy) is 1. The Bertz CT molecular complexity index is 860. The predicted octanol–water partition coefficient (Wildman–Crippen LogP) is 3.21. The van der Waals surface area contributed by atoms with Crippen molar-refractivity contribution in [3.8, 4) is 5.75 Å². The Hall–Kier alpha value is -3.68. The van der Waals surface area contributed by atoms with Gasteiger partial charge in [-0.05, 0) is 42.0 Å². The van der Waals surface area contributed by atoms with Gasteiger partial charge in [0.25, 0.3) is 5.69 Å². The summed E-state index contributed by atoms with van der Waals surface area (Å²) >= 11 is 0. The molecule has 0 aromatic heterocycles. The van der Waals surface area contributed by atoms with Gasteiger partial charge in [0.15, 0.2) is 0 Å². The van der Waals surface area contributed by atoms with E-state index in [-0.39, 0.29) is 11.6 Å². The Morgan fingerprint density at radius 1 is 1.12 bits per heavy atom. The Balaban J connectivity index is 2.10. The number of nitro benzene ring substituents is 1. The van der Waals surface area contributed by atoms with Crippen molar-refractivity contribution in [2.45, 2.75) is 6.92 Å². The van der Waals surface area contributed by atoms with Crippen molar-refractivity contribution in [2.75, 3.05) is 17.7 Å². The van der Waals surface area contributed by atoms with E-state index >= 15 is 0 Å². The Labute approximate surface area is 149 Å². The van der Waals surface area contributed by atoms with Crippen LogP contribution in [0.5, 0.6) is 5.75 Å². The van der Waals surface area contributed by atoms with Crippen LogP contribution in [0, 0.1) is 10.1 Å². The number of nitro groups is 1. The molecule has 2 aromatic rings. The van der Waals surface area contributed by atoms with Gasteiger partial charge < -0.3 is 15.4 Å². The maximum atomic E-state index is 12.1. The fourth-order valence-corrected chi connectivity index (χ4v) is 2.14. The Morgan fingerprint density at radius 2 is 1.81 bits per heavy atom. The van der Waals surface area contributed by atoms with Crippen LogP contribution in [0.1, 0.15) is 12.5 Å². The first kappa shape index (κ1) is 18.7. The second kappa shape index (κ2) is 8.43. The summed E-state index contributed by atoms with van der Waals surface area (Å²) in [6.45, 7) is 1.38. The number of nitrogens with zero attached hydrogens (tertiary/aromatic N) is 1. The number of methoxy groups -OCH3 is 1. The third-order valence-corrected chi connectivity index (χ3v) is 3.31. The quantitative estimate of drug-likeness (QED) is 0.469. The summed E-state index contributed by atoms with van der Waals surface area (Å²) in [5, 5.41) is 15.9. The number of rotatable bonds is 6. The molecule has 0 aliphatic rings. The number of benzene rings is 2. The topological polar surface area (TPSA) is 111 Å². The largest absolute Gasteiger partial charge is 0.495 e. The lowest BCUT2D eigenvalue weighted by molar-refractivity contribution is -0.384. The zero-order chi connectivity index (χ0) is 19.1. The average molecular weight is 355 g/mol. The summed E-state index contributed by atoms with van der Waals surface area (Å²) < 4.78 is 5.19. The van der Waals surface area contributed by atoms with Crippen LogP contribution in [0.4, 0.5) is 17.1 Å². The van der Waals surface area contributed by atoms with E-state index in [0.29, 0.717) is 22.7 Å². The van der Waals surface area contributed by atoms with Crippen molar-refractivity contribution in [2.24, 2.45) is 0 Å². The molecule has 0 heterocycles. The molecule has 26 heavy (non-hydrogen) atoms. The second-order valence-electron chi connectivity index (χ2n) is 5.27. The number of non-ortho nitro benzene ring substituents is 1. The summed E-state index contributed by atoms with van der Waals surface area (Å²) in [6.07, 6.45) is 2.83. The monoisotopic (exact) mass is 355 g/mol. The van der Waals surface area contributed by atoms with Gasteiger partial charge in [-0.25, -0.2) is 0 Å². The number of anilines is 2. The van der Waals surface area contributed by atoms with Crippen molar-refractivity contribution in [1.29, 1.82) is 0 Å². The van der Waals surface area contributed by atoms with Crippen molar-refractivity contribution in [1.82, 2.24) is 0 Å². The third kappa shape index (κ3) is 5.17. The molecule has 2 rings (SSSR count). The van der Waals surface area contributed by atoms with Gasteiger partial charge in [-0.1, -0.05) is 0 Å². The van der Waals surface area contributed by atoms with Gasteiger partial charge in [-0.2, -0.15) is 0 Å². The smallest absolute Gasteiger partial charge is 0.269 e. The van der Waals surface area contributed by atoms with Crippen LogP contribution in [-0.2, 0) is 9.59 Å². The van der Waals surface area contributed by atoms with E-state index in [4.69, 9.17) is 4.74 Å². The molecule has 0 atom stereocenters. The zero-order valence-electron chi connectivity index (χ0n) is 14.2. The first-order chi connectivity index (χ1) is 12.4. The highest BCUT2D eigenvalue weighted by molar-refractivity contribution is 6.03. The number of amides is 2. The minimum absolute atomic E-state index is 0.0221. The second-order valence-corrected chi connectivity index (χ2v) is 5.27. The normalized spacial score (nSPS) is 10.4. The van der Waals surface area contributed by atoms with Crippen LogP contribution in [0.15, 0.2) is 48.5 Å². The highest BCUT2D eigenvalue weighted by Crippen LogP contribution is 2.28. The highest BCUT2D eigenvalue weighted by Gasteiger charge is 2.08. The van der Waals surface area contributed by atoms with Gasteiger partial charge >= 0.3 is 0 Å². The summed E-state index contributed by atoms with van der Waals surface area (Å²) in [5.41, 5.74) is 1.54. The number of carbonyl (C=O) groups excluding carboxylic acids is 2. The van der Waals surface area contributed by atoms with E-state index in [1.165, 1.54) is 38.3 Å². The minimum atomic E-state index is -0.492. The van der Waals surface area contributed by atoms with Crippen LogP contribution in [0.3, 0.4) is 0 Å². The van der Waals surface area contributed by atoms with E-state index < -0.39 is 10.8 Å². The van der Waals surface area contributed by atoms with Crippen molar-refractivity contribution < 1.29 is 19.2 Å². The first-order valence-electron chi connectivity index (χ1n) is 7.58. The molecule has 2 N–H and O–H groups in total. The van der Waals surface area contributed by atoms with E-state index in [9.17, 15) is 19.7 Å². The van der Waals surface area contributed by atoms with Gasteiger partial charge in [-0.3, -0.25) is 19.7 Å². The molecule has 0 aliphatic carbocycles. The standard InChI is InChI=1S/C18H17N3O5/c1-12(22)19-14-6-9-17(26-2)16(11-14)20-18(23)10-5-13-3-7-15(8-4-13)21(24)25/h3-11H,1-2H3,(H,19,22)(H,20,23)/b10-5+. The summed E-state index contributed by atoms with van der Waals surface area (Å²) in [7, 11) is 1.47. The van der Waals surface area contributed by atoms with Crippen LogP contribution < -0.4 is 15.4 Å². The van der Waals surface area contributed by atoms with Crippen molar-refractivity contribution in [3.05, 3.63) is 64.2 Å². The summed E-state index contributed by atoms with van der Waals surface area (Å²) in [4.78, 5) is 33.4. The number of nitrogens with one attached hydrogen (secondary N) is 2. The Morgan fingerprint density at radius 3 is 2.38 bits per heavy atom. The molecule has 2 aromatic carbocycles. The van der Waals surface area contributed by atoms with Gasteiger partial charge in [0.2, 0.25) is 11.8 Å². The molecule has 0 aliphatic heterocycles. The van der Waals surface area contributed by atoms with E-state index in [0.717, 1.165) is 0 Å². The maximum Gasteiger partial charge on any atom is 0.269 e. The van der Waals surface area contributed by atoms with Gasteiger partial charge in [-0.15, -0.1) is 0 Å². The molecule has 2 amide bonds. The minimum Gasteiger partial charge on any atom is -0.495 e. The van der Waals surface area contributed by atoms with Crippen LogP contribution in [0.2, 0.25) is 0 Å². The molecule has 134 valence electrons. The molecule has 0 bridgehead atoms. The zero-order valence-corrected chi connectivity index (χ0v) is 14.2. The predicted molar refractivity (Wildman–Crippen MR) is 98.1 cm³/mol. The number of carbonyl (C=O) groups is 2. The van der Waals surface area contributed by atoms with Crippen LogP contribution in [-0.4, -0.2) is 23.8 Å². The van der Waals surface area contributed by atoms with E-state index in [1.54, 1.807) is 30.3 Å². The molecular formula is C18H17N3O5. The maximum absolute atomic E-state index is 12.1. The molecule has 0 spiro atoms. The molecule has 0 saturated heterocycles. The lowest BCUT2D eigenvalue weighted by Gasteiger charge is -2.11. The Kier molecular flexibility index (Phi) is 6.05. The van der Waals surface area contributed by atoms with Crippen molar-refractivity contribution >= 4 is 35.0 Å². The van der Waals surface area contributed by atoms with E-state index in [2.05, 4.69) is 10.6 Å². The van der Waals surface area contributed by atoms with Gasteiger partial charge in [0.1, 0.15) is 5.75 Å². The highest BCUT2D eigenvalue weighted by atomic mass is 16.6. The van der Waals surface area contributed by atoms with Crippen molar-refractivity contribution in [3.63, 3.8) is 0 Å². The lowest BCUT2D eigenvalue weighted by atomic mass is 10.2. The molecule has 0 saturated carbocycles. The SMILES string of the molecule is COc1ccc(NC(C)=O)cc1NC(=O)/C=C/c1ccc([N+](=O)[O-])cc1. The molecule has 8 heteroatoms. The summed E-state index contributed by atoms with van der Waals surface area (Å²) in [5.74, 6) is -0.205. The lowest BCUT2D eigenvalue weighted by Crippen LogP contribution is -2.10. The molecule has 0 fully saturated rings. The average Bonchev–Trinajstić information content (AvgIpc) is 2.60. The number of hydrogen-bond acceptors (Lipinski definition) is 5. The van der Waals surface area contributed by atoms with Crippen LogP contribution in [0.25, 0.3) is 6.08 Å². The van der Waals surface area contributed by atoms with Gasteiger partial charge in [0, 0.05) is 30.8 Å². The fraction of sp³-hybridized carbons (Fsp3) is 0.111. The van der Waals surface area contributed by atoms with Gasteiger partial charge in [0.05, 0.1) is 17.7 Å². The molecule has 8 nitrogen and oxygen atoms in total. The summed E-state index contributed by atoms with van der Waals surface area (Å²) in [6, 6.07) is 10.7. The third-order valence-electron chi connectivity index (χ3n) is 3.31.